The second-order valence-corrected chi connectivity index (χ2v) is 3.80. The van der Waals surface area contributed by atoms with Gasteiger partial charge in [-0.25, -0.2) is 0 Å². The number of rotatable bonds is 7. The van der Waals surface area contributed by atoms with Crippen LogP contribution in [0.2, 0.25) is 0 Å². The number of nitrogens with zero attached hydrogens (tertiary/aromatic N) is 2. The summed E-state index contributed by atoms with van der Waals surface area (Å²) in [5.74, 6) is 0. The first-order valence-corrected chi connectivity index (χ1v) is 5.61. The Morgan fingerprint density at radius 3 is 2.53 bits per heavy atom. The number of hydrogen-bond donors (Lipinski definition) is 1. The summed E-state index contributed by atoms with van der Waals surface area (Å²) in [4.78, 5) is 2.12. The topological polar surface area (TPSA) is 56.5 Å². The zero-order valence-electron chi connectivity index (χ0n) is 10.1. The van der Waals surface area contributed by atoms with E-state index >= 15 is 0 Å². The molecule has 0 atom stereocenters. The molecule has 0 fully saturated rings. The van der Waals surface area contributed by atoms with E-state index in [0.29, 0.717) is 18.7 Å². The Bertz CT molecular complexity index is 357. The highest BCUT2D eigenvalue weighted by molar-refractivity contribution is 5.31. The maximum Gasteiger partial charge on any atom is 0.0991 e. The standard InChI is InChI=1S/C13H18N2O2/c1-17-9-7-15(6-8-16)11-13-4-2-12(10-14)3-5-13/h2-5,16H,6-9,11H2,1H3. The summed E-state index contributed by atoms with van der Waals surface area (Å²) >= 11 is 0. The van der Waals surface area contributed by atoms with E-state index < -0.39 is 0 Å². The molecule has 92 valence electrons. The van der Waals surface area contributed by atoms with Crippen LogP contribution in [0.15, 0.2) is 24.3 Å². The lowest BCUT2D eigenvalue weighted by atomic mass is 10.1. The molecule has 1 N–H and O–H groups in total. The van der Waals surface area contributed by atoms with Gasteiger partial charge in [0.15, 0.2) is 0 Å². The summed E-state index contributed by atoms with van der Waals surface area (Å²) < 4.78 is 5.03. The van der Waals surface area contributed by atoms with Gasteiger partial charge in [-0.2, -0.15) is 5.26 Å². The van der Waals surface area contributed by atoms with Crippen molar-refractivity contribution in [3.8, 4) is 6.07 Å². The first-order chi connectivity index (χ1) is 8.30. The highest BCUT2D eigenvalue weighted by Crippen LogP contribution is 2.06. The fraction of sp³-hybridized carbons (Fsp3) is 0.462. The van der Waals surface area contributed by atoms with Gasteiger partial charge >= 0.3 is 0 Å². The van der Waals surface area contributed by atoms with Crippen LogP contribution in [0.5, 0.6) is 0 Å². The molecule has 0 radical (unpaired) electrons. The monoisotopic (exact) mass is 234 g/mol. The molecule has 0 aliphatic carbocycles. The van der Waals surface area contributed by atoms with Gasteiger partial charge in [-0.05, 0) is 17.7 Å². The van der Waals surface area contributed by atoms with Crippen LogP contribution in [0.25, 0.3) is 0 Å². The highest BCUT2D eigenvalue weighted by Gasteiger charge is 2.05. The molecule has 0 aromatic heterocycles. The summed E-state index contributed by atoms with van der Waals surface area (Å²) in [5.41, 5.74) is 1.80. The van der Waals surface area contributed by atoms with Crippen LogP contribution >= 0.6 is 0 Å². The lowest BCUT2D eigenvalue weighted by Crippen LogP contribution is -2.29. The molecular weight excluding hydrogens is 216 g/mol. The highest BCUT2D eigenvalue weighted by atomic mass is 16.5. The van der Waals surface area contributed by atoms with E-state index in [4.69, 9.17) is 15.1 Å². The number of aliphatic hydroxyl groups is 1. The van der Waals surface area contributed by atoms with Crippen molar-refractivity contribution in [1.82, 2.24) is 4.90 Å². The van der Waals surface area contributed by atoms with Gasteiger partial charge in [0.05, 0.1) is 24.8 Å². The molecule has 1 aromatic carbocycles. The fourth-order valence-corrected chi connectivity index (χ4v) is 1.57. The van der Waals surface area contributed by atoms with E-state index in [1.54, 1.807) is 7.11 Å². The van der Waals surface area contributed by atoms with E-state index in [1.165, 1.54) is 0 Å². The van der Waals surface area contributed by atoms with Gasteiger partial charge in [0.2, 0.25) is 0 Å². The first kappa shape index (κ1) is 13.7. The van der Waals surface area contributed by atoms with Gasteiger partial charge in [0.25, 0.3) is 0 Å². The zero-order valence-corrected chi connectivity index (χ0v) is 10.1. The van der Waals surface area contributed by atoms with Crippen LogP contribution in [0, 0.1) is 11.3 Å². The second kappa shape index (κ2) is 7.80. The molecule has 1 aromatic rings. The SMILES string of the molecule is COCCN(CCO)Cc1ccc(C#N)cc1. The van der Waals surface area contributed by atoms with Crippen LogP contribution in [-0.4, -0.2) is 43.4 Å². The third-order valence-corrected chi connectivity index (χ3v) is 2.52. The molecular formula is C13H18N2O2. The quantitative estimate of drug-likeness (QED) is 0.764. The minimum Gasteiger partial charge on any atom is -0.395 e. The van der Waals surface area contributed by atoms with Crippen molar-refractivity contribution in [2.24, 2.45) is 0 Å². The smallest absolute Gasteiger partial charge is 0.0991 e. The summed E-state index contributed by atoms with van der Waals surface area (Å²) in [6.45, 7) is 2.96. The van der Waals surface area contributed by atoms with Crippen molar-refractivity contribution in [3.63, 3.8) is 0 Å². The van der Waals surface area contributed by atoms with Crippen LogP contribution < -0.4 is 0 Å². The summed E-state index contributed by atoms with van der Waals surface area (Å²) in [6.07, 6.45) is 0. The Labute approximate surface area is 102 Å². The predicted octanol–water partition coefficient (Wildman–Crippen LogP) is 0.999. The van der Waals surface area contributed by atoms with E-state index in [1.807, 2.05) is 24.3 Å². The summed E-state index contributed by atoms with van der Waals surface area (Å²) in [6, 6.07) is 9.59. The number of methoxy groups -OCH3 is 1. The van der Waals surface area contributed by atoms with Crippen molar-refractivity contribution < 1.29 is 9.84 Å². The molecule has 17 heavy (non-hydrogen) atoms. The molecule has 0 saturated carbocycles. The minimum atomic E-state index is 0.139. The van der Waals surface area contributed by atoms with Crippen molar-refractivity contribution >= 4 is 0 Å². The van der Waals surface area contributed by atoms with Gasteiger partial charge < -0.3 is 9.84 Å². The molecule has 0 aliphatic heterocycles. The average Bonchev–Trinajstić information content (AvgIpc) is 2.37. The maximum absolute atomic E-state index is 8.97. The summed E-state index contributed by atoms with van der Waals surface area (Å²) in [5, 5.41) is 17.7. The molecule has 4 nitrogen and oxygen atoms in total. The van der Waals surface area contributed by atoms with Gasteiger partial charge in [0, 0.05) is 26.7 Å². The van der Waals surface area contributed by atoms with Crippen LogP contribution in [0.1, 0.15) is 11.1 Å². The number of ether oxygens (including phenoxy) is 1. The lowest BCUT2D eigenvalue weighted by Gasteiger charge is -2.20. The molecule has 0 amide bonds. The Kier molecular flexibility index (Phi) is 6.26. The van der Waals surface area contributed by atoms with Crippen molar-refractivity contribution in [1.29, 1.82) is 5.26 Å². The Balaban J connectivity index is 2.55. The Morgan fingerprint density at radius 2 is 2.00 bits per heavy atom. The summed E-state index contributed by atoms with van der Waals surface area (Å²) in [7, 11) is 1.67. The molecule has 1 rings (SSSR count). The van der Waals surface area contributed by atoms with E-state index in [-0.39, 0.29) is 6.61 Å². The number of hydrogen-bond acceptors (Lipinski definition) is 4. The van der Waals surface area contributed by atoms with Crippen molar-refractivity contribution in [3.05, 3.63) is 35.4 Å². The van der Waals surface area contributed by atoms with Gasteiger partial charge in [-0.15, -0.1) is 0 Å². The number of aliphatic hydroxyl groups excluding tert-OH is 1. The second-order valence-electron chi connectivity index (χ2n) is 3.80. The van der Waals surface area contributed by atoms with E-state index in [2.05, 4.69) is 11.0 Å². The van der Waals surface area contributed by atoms with Crippen LogP contribution in [-0.2, 0) is 11.3 Å². The van der Waals surface area contributed by atoms with Gasteiger partial charge in [-0.3, -0.25) is 4.90 Å². The minimum absolute atomic E-state index is 0.139. The van der Waals surface area contributed by atoms with Crippen LogP contribution in [0.4, 0.5) is 0 Å². The third-order valence-electron chi connectivity index (χ3n) is 2.52. The lowest BCUT2D eigenvalue weighted by molar-refractivity contribution is 0.127. The normalized spacial score (nSPS) is 10.5. The van der Waals surface area contributed by atoms with E-state index in [0.717, 1.165) is 18.7 Å². The van der Waals surface area contributed by atoms with Crippen molar-refractivity contribution in [2.45, 2.75) is 6.54 Å². The average molecular weight is 234 g/mol. The molecule has 0 spiro atoms. The van der Waals surface area contributed by atoms with Gasteiger partial charge in [0.1, 0.15) is 0 Å². The molecule has 0 saturated heterocycles. The van der Waals surface area contributed by atoms with Gasteiger partial charge in [-0.1, -0.05) is 12.1 Å². The van der Waals surface area contributed by atoms with Crippen LogP contribution in [0.3, 0.4) is 0 Å². The number of benzene rings is 1. The molecule has 4 heteroatoms. The Hall–Kier alpha value is -1.41. The largest absolute Gasteiger partial charge is 0.395 e. The molecule has 0 bridgehead atoms. The molecule has 0 aliphatic rings. The van der Waals surface area contributed by atoms with E-state index in [9.17, 15) is 0 Å². The predicted molar refractivity (Wildman–Crippen MR) is 65.4 cm³/mol. The maximum atomic E-state index is 8.97. The molecule has 0 unspecified atom stereocenters. The zero-order chi connectivity index (χ0) is 12.5. The number of nitriles is 1. The fourth-order valence-electron chi connectivity index (χ4n) is 1.57. The third kappa shape index (κ3) is 4.96. The molecule has 0 heterocycles. The van der Waals surface area contributed by atoms with Crippen molar-refractivity contribution in [2.75, 3.05) is 33.4 Å². The Morgan fingerprint density at radius 1 is 1.29 bits per heavy atom. The first-order valence-electron chi connectivity index (χ1n) is 5.61.